The van der Waals surface area contributed by atoms with Crippen molar-refractivity contribution in [2.45, 2.75) is 55.5 Å². The molecule has 1 aliphatic carbocycles. The maximum Gasteiger partial charge on any atom is 0.422 e. The van der Waals surface area contributed by atoms with Crippen LogP contribution in [0.3, 0.4) is 0 Å². The highest BCUT2D eigenvalue weighted by atomic mass is 19.4. The highest BCUT2D eigenvalue weighted by Gasteiger charge is 2.58. The van der Waals surface area contributed by atoms with Gasteiger partial charge in [0.2, 0.25) is 6.79 Å². The summed E-state index contributed by atoms with van der Waals surface area (Å²) in [7, 11) is 1.46. The lowest BCUT2D eigenvalue weighted by Crippen LogP contribution is -2.47. The molecule has 3 aliphatic heterocycles. The number of hydrogen-bond acceptors (Lipinski definition) is 9. The van der Waals surface area contributed by atoms with Crippen molar-refractivity contribution in [3.05, 3.63) is 35.1 Å². The molecule has 4 aliphatic rings. The molecule has 12 heteroatoms. The number of carbonyl (C=O) groups is 2. The summed E-state index contributed by atoms with van der Waals surface area (Å²) in [5.74, 6) is -1.28. The second-order valence-corrected chi connectivity index (χ2v) is 9.32. The zero-order valence-corrected chi connectivity index (χ0v) is 19.5. The fraction of sp³-hybridized carbons (Fsp3) is 0.583. The molecule has 0 amide bonds. The van der Waals surface area contributed by atoms with Gasteiger partial charge in [-0.3, -0.25) is 9.69 Å². The quantitative estimate of drug-likeness (QED) is 0.574. The Labute approximate surface area is 204 Å². The van der Waals surface area contributed by atoms with Crippen LogP contribution in [0.2, 0.25) is 0 Å². The van der Waals surface area contributed by atoms with Crippen LogP contribution >= 0.6 is 0 Å². The molecule has 1 saturated heterocycles. The zero-order valence-electron chi connectivity index (χ0n) is 19.5. The zero-order chi connectivity index (χ0) is 25.7. The number of benzene rings is 1. The van der Waals surface area contributed by atoms with Crippen molar-refractivity contribution in [3.63, 3.8) is 0 Å². The molecule has 3 heterocycles. The minimum absolute atomic E-state index is 0.108. The van der Waals surface area contributed by atoms with Gasteiger partial charge in [-0.05, 0) is 55.1 Å². The SMILES string of the molecule is COC1=CC23CCCN2CCc2cc4c(cc2[C@@H]3C1OC(=O)C(O)CC(=O)OCC(F)(F)F)OCO4. The summed E-state index contributed by atoms with van der Waals surface area (Å²) in [6, 6.07) is 3.83. The third-order valence-corrected chi connectivity index (χ3v) is 7.24. The van der Waals surface area contributed by atoms with Crippen molar-refractivity contribution in [2.24, 2.45) is 0 Å². The Bertz CT molecular complexity index is 1090. The number of ether oxygens (including phenoxy) is 5. The first-order chi connectivity index (χ1) is 17.1. The van der Waals surface area contributed by atoms with Gasteiger partial charge in [-0.2, -0.15) is 13.2 Å². The number of nitrogens with zero attached hydrogens (tertiary/aromatic N) is 1. The van der Waals surface area contributed by atoms with Gasteiger partial charge in [0.1, 0.15) is 5.76 Å². The summed E-state index contributed by atoms with van der Waals surface area (Å²) in [5.41, 5.74) is 1.43. The molecule has 3 unspecified atom stereocenters. The van der Waals surface area contributed by atoms with Crippen LogP contribution in [0.15, 0.2) is 24.0 Å². The lowest BCUT2D eigenvalue weighted by atomic mass is 9.77. The first-order valence-corrected chi connectivity index (χ1v) is 11.7. The first-order valence-electron chi connectivity index (χ1n) is 11.7. The van der Waals surface area contributed by atoms with Crippen LogP contribution in [0.4, 0.5) is 13.2 Å². The Morgan fingerprint density at radius 2 is 2.00 bits per heavy atom. The van der Waals surface area contributed by atoms with Gasteiger partial charge in [-0.25, -0.2) is 4.79 Å². The smallest absolute Gasteiger partial charge is 0.422 e. The number of aliphatic hydroxyl groups is 1. The summed E-state index contributed by atoms with van der Waals surface area (Å²) < 4.78 is 63.4. The first kappa shape index (κ1) is 24.7. The molecule has 1 fully saturated rings. The number of alkyl halides is 3. The van der Waals surface area contributed by atoms with E-state index in [0.717, 1.165) is 43.5 Å². The van der Waals surface area contributed by atoms with Gasteiger partial charge in [-0.1, -0.05) is 0 Å². The van der Waals surface area contributed by atoms with E-state index in [9.17, 15) is 27.9 Å². The summed E-state index contributed by atoms with van der Waals surface area (Å²) >= 11 is 0. The maximum atomic E-state index is 12.8. The number of halogens is 3. The van der Waals surface area contributed by atoms with Crippen LogP contribution in [-0.4, -0.2) is 79.5 Å². The van der Waals surface area contributed by atoms with E-state index in [1.54, 1.807) is 0 Å². The molecule has 0 radical (unpaired) electrons. The Morgan fingerprint density at radius 3 is 2.72 bits per heavy atom. The second kappa shape index (κ2) is 9.15. The molecule has 0 aromatic heterocycles. The molecule has 196 valence electrons. The third-order valence-electron chi connectivity index (χ3n) is 7.24. The molecule has 1 aromatic rings. The van der Waals surface area contributed by atoms with Crippen molar-refractivity contribution >= 4 is 11.9 Å². The molecule has 0 bridgehead atoms. The van der Waals surface area contributed by atoms with Gasteiger partial charge in [0.25, 0.3) is 0 Å². The number of hydrogen-bond donors (Lipinski definition) is 1. The summed E-state index contributed by atoms with van der Waals surface area (Å²) in [6.45, 7) is -0.0824. The normalized spacial score (nSPS) is 27.3. The fourth-order valence-electron chi connectivity index (χ4n) is 5.76. The number of esters is 2. The number of methoxy groups -OCH3 is 1. The molecule has 4 atom stereocenters. The van der Waals surface area contributed by atoms with E-state index >= 15 is 0 Å². The Kier molecular flexibility index (Phi) is 6.27. The van der Waals surface area contributed by atoms with Gasteiger partial charge < -0.3 is 28.8 Å². The van der Waals surface area contributed by atoms with E-state index in [1.807, 2.05) is 18.2 Å². The Balaban J connectivity index is 1.41. The lowest BCUT2D eigenvalue weighted by Gasteiger charge is -2.39. The molecule has 0 saturated carbocycles. The summed E-state index contributed by atoms with van der Waals surface area (Å²) in [4.78, 5) is 26.8. The van der Waals surface area contributed by atoms with Crippen LogP contribution < -0.4 is 9.47 Å². The summed E-state index contributed by atoms with van der Waals surface area (Å²) in [5, 5.41) is 10.2. The maximum absolute atomic E-state index is 12.8. The predicted octanol–water partition coefficient (Wildman–Crippen LogP) is 2.20. The molecule has 1 spiro atoms. The molecular formula is C24H26F3NO8. The average Bonchev–Trinajstić information content (AvgIpc) is 3.51. The minimum Gasteiger partial charge on any atom is -0.497 e. The number of carbonyl (C=O) groups excluding carboxylic acids is 2. The van der Waals surface area contributed by atoms with Crippen molar-refractivity contribution in [2.75, 3.05) is 33.6 Å². The van der Waals surface area contributed by atoms with Crippen LogP contribution in [-0.2, 0) is 30.2 Å². The van der Waals surface area contributed by atoms with Gasteiger partial charge >= 0.3 is 18.1 Å². The van der Waals surface area contributed by atoms with Crippen LogP contribution in [0, 0.1) is 0 Å². The van der Waals surface area contributed by atoms with E-state index in [4.69, 9.17) is 18.9 Å². The minimum atomic E-state index is -4.72. The standard InChI is InChI=1S/C24H26F3NO8/c1-32-18-10-23-4-2-5-28(23)6-3-13-7-16-17(35-12-34-16)8-14(13)20(23)21(18)36-22(31)15(29)9-19(30)33-11-24(25,26)27/h7-8,10,15,20-21,29H,2-6,9,11-12H2,1H3/t15?,20-,21?,23?/m1/s1. The highest BCUT2D eigenvalue weighted by molar-refractivity contribution is 5.82. The van der Waals surface area contributed by atoms with E-state index in [2.05, 4.69) is 9.64 Å². The number of aliphatic hydroxyl groups excluding tert-OH is 1. The molecule has 1 N–H and O–H groups in total. The van der Waals surface area contributed by atoms with Crippen molar-refractivity contribution in [1.82, 2.24) is 4.90 Å². The van der Waals surface area contributed by atoms with E-state index in [1.165, 1.54) is 7.11 Å². The Morgan fingerprint density at radius 1 is 1.25 bits per heavy atom. The topological polar surface area (TPSA) is 104 Å². The van der Waals surface area contributed by atoms with E-state index in [-0.39, 0.29) is 6.79 Å². The van der Waals surface area contributed by atoms with Crippen LogP contribution in [0.1, 0.15) is 36.3 Å². The van der Waals surface area contributed by atoms with Crippen LogP contribution in [0.5, 0.6) is 11.5 Å². The van der Waals surface area contributed by atoms with Crippen molar-refractivity contribution < 1.29 is 51.6 Å². The molecular weight excluding hydrogens is 487 g/mol. The second-order valence-electron chi connectivity index (χ2n) is 9.32. The number of fused-ring (bicyclic) bond motifs is 3. The average molecular weight is 513 g/mol. The van der Waals surface area contributed by atoms with Gasteiger partial charge in [0.05, 0.1) is 25.0 Å². The van der Waals surface area contributed by atoms with Crippen molar-refractivity contribution in [3.8, 4) is 11.5 Å². The molecule has 36 heavy (non-hydrogen) atoms. The van der Waals surface area contributed by atoms with Crippen molar-refractivity contribution in [1.29, 1.82) is 0 Å². The lowest BCUT2D eigenvalue weighted by molar-refractivity contribution is -0.188. The highest BCUT2D eigenvalue weighted by Crippen LogP contribution is 2.55. The summed E-state index contributed by atoms with van der Waals surface area (Å²) in [6.07, 6.45) is -4.18. The fourth-order valence-corrected chi connectivity index (χ4v) is 5.76. The van der Waals surface area contributed by atoms with Gasteiger partial charge in [-0.15, -0.1) is 0 Å². The van der Waals surface area contributed by atoms with Gasteiger partial charge in [0.15, 0.2) is 30.3 Å². The monoisotopic (exact) mass is 513 g/mol. The molecule has 9 nitrogen and oxygen atoms in total. The third kappa shape index (κ3) is 4.36. The Hall–Kier alpha value is -2.99. The van der Waals surface area contributed by atoms with E-state index in [0.29, 0.717) is 17.3 Å². The molecule has 5 rings (SSSR count). The van der Waals surface area contributed by atoms with E-state index < -0.39 is 54.8 Å². The van der Waals surface area contributed by atoms with Gasteiger partial charge in [0, 0.05) is 6.54 Å². The number of rotatable bonds is 6. The van der Waals surface area contributed by atoms with Crippen LogP contribution in [0.25, 0.3) is 0 Å². The predicted molar refractivity (Wildman–Crippen MR) is 115 cm³/mol. The largest absolute Gasteiger partial charge is 0.497 e. The molecule has 1 aromatic carbocycles.